The van der Waals surface area contributed by atoms with E-state index in [0.29, 0.717) is 5.56 Å². The summed E-state index contributed by atoms with van der Waals surface area (Å²) in [7, 11) is 0. The fourth-order valence-electron chi connectivity index (χ4n) is 2.20. The quantitative estimate of drug-likeness (QED) is 0.702. The second-order valence-corrected chi connectivity index (χ2v) is 6.26. The molecule has 23 heavy (non-hydrogen) atoms. The number of rotatable bonds is 6. The summed E-state index contributed by atoms with van der Waals surface area (Å²) in [6, 6.07) is 10.9. The van der Waals surface area contributed by atoms with Crippen LogP contribution in [-0.2, 0) is 6.54 Å². The Balaban J connectivity index is 1.82. The maximum Gasteiger partial charge on any atom is 0.335 e. The lowest BCUT2D eigenvalue weighted by Crippen LogP contribution is -2.05. The topological polar surface area (TPSA) is 68.0 Å². The first-order valence-electron chi connectivity index (χ1n) is 7.08. The Morgan fingerprint density at radius 3 is 2.61 bits per heavy atom. The first-order valence-corrected chi connectivity index (χ1v) is 7.96. The number of carboxylic acid groups (broad SMARTS) is 1. The Morgan fingerprint density at radius 1 is 1.17 bits per heavy atom. The van der Waals surface area contributed by atoms with Gasteiger partial charge in [0.15, 0.2) is 0 Å². The smallest absolute Gasteiger partial charge is 0.335 e. The monoisotopic (exact) mass is 325 g/mol. The van der Waals surface area contributed by atoms with Crippen molar-refractivity contribution in [1.82, 2.24) is 14.5 Å². The number of aromatic nitrogens is 3. The van der Waals surface area contributed by atoms with E-state index < -0.39 is 5.97 Å². The number of aromatic carboxylic acids is 1. The molecule has 0 aliphatic rings. The number of pyridine rings is 1. The molecule has 0 aliphatic carbocycles. The summed E-state index contributed by atoms with van der Waals surface area (Å²) in [5.74, 6) is -0.913. The van der Waals surface area contributed by atoms with Gasteiger partial charge in [-0.15, -0.1) is 11.8 Å². The highest BCUT2D eigenvalue weighted by molar-refractivity contribution is 7.99. The van der Waals surface area contributed by atoms with Gasteiger partial charge in [0.05, 0.1) is 17.1 Å². The second-order valence-electron chi connectivity index (χ2n) is 4.98. The first kappa shape index (κ1) is 15.3. The van der Waals surface area contributed by atoms with Gasteiger partial charge in [0.2, 0.25) is 0 Å². The fourth-order valence-corrected chi connectivity index (χ4v) is 3.35. The van der Waals surface area contributed by atoms with E-state index in [-0.39, 0.29) is 5.25 Å². The van der Waals surface area contributed by atoms with Crippen LogP contribution in [0.15, 0.2) is 72.4 Å². The van der Waals surface area contributed by atoms with Gasteiger partial charge in [0, 0.05) is 36.2 Å². The van der Waals surface area contributed by atoms with Crippen molar-refractivity contribution in [1.29, 1.82) is 0 Å². The summed E-state index contributed by atoms with van der Waals surface area (Å²) < 4.78 is 2.02. The van der Waals surface area contributed by atoms with Crippen LogP contribution in [0.4, 0.5) is 0 Å². The molecule has 2 aromatic heterocycles. The number of hydrogen-bond donors (Lipinski definition) is 1. The molecule has 6 heteroatoms. The molecule has 1 atom stereocenters. The van der Waals surface area contributed by atoms with Gasteiger partial charge in [-0.1, -0.05) is 6.07 Å². The maximum atomic E-state index is 10.9. The minimum Gasteiger partial charge on any atom is -0.478 e. The predicted molar refractivity (Wildman–Crippen MR) is 88.5 cm³/mol. The minimum absolute atomic E-state index is 0.161. The number of benzene rings is 1. The molecule has 0 amide bonds. The third kappa shape index (κ3) is 3.98. The molecule has 1 aromatic carbocycles. The highest BCUT2D eigenvalue weighted by Gasteiger charge is 2.15. The summed E-state index contributed by atoms with van der Waals surface area (Å²) in [5, 5.41) is 9.14. The summed E-state index contributed by atoms with van der Waals surface area (Å²) in [5.41, 5.74) is 1.41. The molecule has 0 saturated carbocycles. The van der Waals surface area contributed by atoms with Crippen LogP contribution in [0.2, 0.25) is 0 Å². The molecule has 0 spiro atoms. The summed E-state index contributed by atoms with van der Waals surface area (Å²) >= 11 is 1.68. The van der Waals surface area contributed by atoms with Gasteiger partial charge in [-0.05, 0) is 35.9 Å². The molecule has 0 radical (unpaired) electrons. The van der Waals surface area contributed by atoms with Crippen LogP contribution in [0.3, 0.4) is 0 Å². The molecule has 2 heterocycles. The van der Waals surface area contributed by atoms with Crippen molar-refractivity contribution in [3.05, 3.63) is 78.6 Å². The molecule has 0 saturated heterocycles. The summed E-state index contributed by atoms with van der Waals surface area (Å²) in [6.45, 7) is 0.761. The van der Waals surface area contributed by atoms with E-state index in [2.05, 4.69) is 9.97 Å². The lowest BCUT2D eigenvalue weighted by atomic mass is 10.2. The third-order valence-electron chi connectivity index (χ3n) is 3.37. The average molecular weight is 325 g/mol. The highest BCUT2D eigenvalue weighted by Crippen LogP contribution is 2.36. The van der Waals surface area contributed by atoms with Gasteiger partial charge >= 0.3 is 5.97 Å². The molecule has 0 aliphatic heterocycles. The van der Waals surface area contributed by atoms with Crippen LogP contribution in [0.25, 0.3) is 0 Å². The van der Waals surface area contributed by atoms with Crippen LogP contribution in [-0.4, -0.2) is 25.6 Å². The van der Waals surface area contributed by atoms with E-state index in [9.17, 15) is 4.79 Å². The van der Waals surface area contributed by atoms with Crippen molar-refractivity contribution >= 4 is 17.7 Å². The van der Waals surface area contributed by atoms with E-state index in [1.54, 1.807) is 42.6 Å². The van der Waals surface area contributed by atoms with Crippen molar-refractivity contribution in [2.75, 3.05) is 0 Å². The molecule has 0 bridgehead atoms. The van der Waals surface area contributed by atoms with Gasteiger partial charge < -0.3 is 9.67 Å². The van der Waals surface area contributed by atoms with Crippen LogP contribution in [0.1, 0.15) is 21.2 Å². The number of carboxylic acids is 1. The Hall–Kier alpha value is -2.60. The summed E-state index contributed by atoms with van der Waals surface area (Å²) in [4.78, 5) is 20.2. The van der Waals surface area contributed by atoms with Crippen molar-refractivity contribution in [2.45, 2.75) is 16.7 Å². The Kier molecular flexibility index (Phi) is 4.73. The normalized spacial score (nSPS) is 12.0. The van der Waals surface area contributed by atoms with E-state index in [0.717, 1.165) is 17.0 Å². The molecular weight excluding hydrogens is 310 g/mol. The lowest BCUT2D eigenvalue weighted by Gasteiger charge is -2.17. The van der Waals surface area contributed by atoms with Gasteiger partial charge in [-0.25, -0.2) is 9.78 Å². The molecule has 0 fully saturated rings. The zero-order valence-corrected chi connectivity index (χ0v) is 13.1. The Labute approximate surface area is 138 Å². The zero-order valence-electron chi connectivity index (χ0n) is 12.2. The second kappa shape index (κ2) is 7.11. The van der Waals surface area contributed by atoms with Gasteiger partial charge in [0.25, 0.3) is 0 Å². The molecule has 3 aromatic rings. The largest absolute Gasteiger partial charge is 0.478 e. The van der Waals surface area contributed by atoms with E-state index in [1.807, 2.05) is 41.2 Å². The van der Waals surface area contributed by atoms with Gasteiger partial charge in [-0.2, -0.15) is 0 Å². The van der Waals surface area contributed by atoms with Crippen molar-refractivity contribution in [2.24, 2.45) is 0 Å². The van der Waals surface area contributed by atoms with E-state index in [4.69, 9.17) is 5.11 Å². The first-order chi connectivity index (χ1) is 11.2. The minimum atomic E-state index is -0.913. The van der Waals surface area contributed by atoms with E-state index >= 15 is 0 Å². The third-order valence-corrected chi connectivity index (χ3v) is 4.62. The molecule has 1 unspecified atom stereocenters. The Morgan fingerprint density at radius 2 is 2.00 bits per heavy atom. The molecule has 3 rings (SSSR count). The summed E-state index contributed by atoms with van der Waals surface area (Å²) in [6.07, 6.45) is 9.09. The number of hydrogen-bond acceptors (Lipinski definition) is 4. The maximum absolute atomic E-state index is 10.9. The number of nitrogens with zero attached hydrogens (tertiary/aromatic N) is 3. The van der Waals surface area contributed by atoms with Crippen LogP contribution in [0.5, 0.6) is 0 Å². The number of thioether (sulfide) groups is 1. The Bertz CT molecular complexity index is 758. The van der Waals surface area contributed by atoms with Crippen LogP contribution < -0.4 is 0 Å². The molecule has 5 nitrogen and oxygen atoms in total. The highest BCUT2D eigenvalue weighted by atomic mass is 32.2. The van der Waals surface area contributed by atoms with Gasteiger partial charge in [-0.3, -0.25) is 4.98 Å². The molecule has 1 N–H and O–H groups in total. The van der Waals surface area contributed by atoms with Gasteiger partial charge in [0.1, 0.15) is 0 Å². The van der Waals surface area contributed by atoms with Crippen molar-refractivity contribution in [3.63, 3.8) is 0 Å². The van der Waals surface area contributed by atoms with Crippen molar-refractivity contribution < 1.29 is 9.90 Å². The average Bonchev–Trinajstić information content (AvgIpc) is 3.09. The van der Waals surface area contributed by atoms with E-state index in [1.165, 1.54) is 0 Å². The molecular formula is C17H15N3O2S. The van der Waals surface area contributed by atoms with Crippen LogP contribution >= 0.6 is 11.8 Å². The lowest BCUT2D eigenvalue weighted by molar-refractivity contribution is 0.0697. The zero-order chi connectivity index (χ0) is 16.1. The standard InChI is InChI=1S/C17H15N3O2S/c21-17(22)13-3-5-15(6-4-13)23-16(11-20-9-8-19-12-20)14-2-1-7-18-10-14/h1-10,12,16H,11H2,(H,21,22). The number of carbonyl (C=O) groups is 1. The SMILES string of the molecule is O=C(O)c1ccc(SC(Cn2ccnc2)c2cccnc2)cc1. The molecule has 116 valence electrons. The van der Waals surface area contributed by atoms with Crippen molar-refractivity contribution in [3.8, 4) is 0 Å². The number of imidazole rings is 1. The predicted octanol–water partition coefficient (Wildman–Crippen LogP) is 3.51. The fraction of sp³-hybridized carbons (Fsp3) is 0.118. The van der Waals surface area contributed by atoms with Crippen LogP contribution in [0, 0.1) is 0 Å².